The number of nitrogens with zero attached hydrogens (tertiary/aromatic N) is 3. The van der Waals surface area contributed by atoms with E-state index in [1.165, 1.54) is 13.8 Å². The molecule has 0 fully saturated rings. The van der Waals surface area contributed by atoms with Crippen molar-refractivity contribution in [1.82, 2.24) is 15.0 Å². The summed E-state index contributed by atoms with van der Waals surface area (Å²) in [5.41, 5.74) is 2.28. The highest BCUT2D eigenvalue weighted by molar-refractivity contribution is 5.82. The number of carbonyl (C=O) groups excluding carboxylic acids is 2. The van der Waals surface area contributed by atoms with Gasteiger partial charge >= 0.3 is 11.9 Å². The highest BCUT2D eigenvalue weighted by atomic mass is 16.5. The molecular formula is C20H19N3O5. The smallest absolute Gasteiger partial charge is 0.308 e. The van der Waals surface area contributed by atoms with Gasteiger partial charge < -0.3 is 14.2 Å². The summed E-state index contributed by atoms with van der Waals surface area (Å²) < 4.78 is 17.4. The van der Waals surface area contributed by atoms with E-state index in [0.717, 1.165) is 17.0 Å². The molecule has 0 radical (unpaired) electrons. The maximum atomic E-state index is 11.5. The van der Waals surface area contributed by atoms with Gasteiger partial charge in [-0.1, -0.05) is 5.21 Å². The van der Waals surface area contributed by atoms with Crippen molar-refractivity contribution in [2.45, 2.75) is 20.8 Å². The van der Waals surface area contributed by atoms with E-state index in [9.17, 15) is 9.59 Å². The van der Waals surface area contributed by atoms with E-state index in [-0.39, 0.29) is 11.5 Å². The summed E-state index contributed by atoms with van der Waals surface area (Å²) in [5.74, 6) is 0.208. The van der Waals surface area contributed by atoms with E-state index in [1.54, 1.807) is 49.2 Å². The molecular weight excluding hydrogens is 362 g/mol. The van der Waals surface area contributed by atoms with Crippen LogP contribution in [0.15, 0.2) is 42.6 Å². The molecule has 144 valence electrons. The highest BCUT2D eigenvalue weighted by Crippen LogP contribution is 2.39. The maximum Gasteiger partial charge on any atom is 0.308 e. The number of methoxy groups -OCH3 is 1. The number of rotatable bonds is 5. The molecule has 3 rings (SSSR count). The molecule has 0 unspecified atom stereocenters. The number of hydrogen-bond acceptors (Lipinski definition) is 7. The average Bonchev–Trinajstić information content (AvgIpc) is 3.10. The summed E-state index contributed by atoms with van der Waals surface area (Å²) in [5, 5.41) is 8.30. The van der Waals surface area contributed by atoms with E-state index < -0.39 is 11.9 Å². The van der Waals surface area contributed by atoms with Gasteiger partial charge in [0.2, 0.25) is 0 Å². The van der Waals surface area contributed by atoms with Crippen LogP contribution in [0.5, 0.6) is 17.2 Å². The predicted molar refractivity (Wildman–Crippen MR) is 101 cm³/mol. The summed E-state index contributed by atoms with van der Waals surface area (Å²) in [6.45, 7) is 4.40. The molecule has 2 aromatic carbocycles. The molecule has 0 atom stereocenters. The number of hydrogen-bond donors (Lipinski definition) is 0. The SMILES string of the molecule is COc1ccc(-n2cc(-c3c(OC(C)=O)cc(C)cc3OC(C)=O)nn2)cc1. The van der Waals surface area contributed by atoms with Crippen LogP contribution >= 0.6 is 0 Å². The number of aryl methyl sites for hydroxylation is 1. The van der Waals surface area contributed by atoms with E-state index in [2.05, 4.69) is 10.3 Å². The second-order valence-electron chi connectivity index (χ2n) is 6.07. The molecule has 28 heavy (non-hydrogen) atoms. The van der Waals surface area contributed by atoms with Crippen molar-refractivity contribution in [3.63, 3.8) is 0 Å². The molecule has 8 heteroatoms. The van der Waals surface area contributed by atoms with Crippen molar-refractivity contribution >= 4 is 11.9 Å². The Morgan fingerprint density at radius 2 is 1.54 bits per heavy atom. The first-order valence-corrected chi connectivity index (χ1v) is 8.46. The van der Waals surface area contributed by atoms with Gasteiger partial charge in [0.15, 0.2) is 0 Å². The first-order chi connectivity index (χ1) is 13.4. The van der Waals surface area contributed by atoms with Gasteiger partial charge in [-0.15, -0.1) is 5.10 Å². The molecule has 0 N–H and O–H groups in total. The zero-order valence-corrected chi connectivity index (χ0v) is 15.9. The summed E-state index contributed by atoms with van der Waals surface area (Å²) in [7, 11) is 1.59. The lowest BCUT2D eigenvalue weighted by atomic mass is 10.1. The van der Waals surface area contributed by atoms with Crippen LogP contribution in [0, 0.1) is 6.92 Å². The number of ether oxygens (including phenoxy) is 3. The fraction of sp³-hybridized carbons (Fsp3) is 0.200. The topological polar surface area (TPSA) is 92.5 Å². The first-order valence-electron chi connectivity index (χ1n) is 8.46. The Bertz CT molecular complexity index is 988. The zero-order valence-electron chi connectivity index (χ0n) is 15.9. The minimum Gasteiger partial charge on any atom is -0.497 e. The highest BCUT2D eigenvalue weighted by Gasteiger charge is 2.20. The van der Waals surface area contributed by atoms with Gasteiger partial charge in [-0.2, -0.15) is 0 Å². The van der Waals surface area contributed by atoms with Crippen molar-refractivity contribution in [2.75, 3.05) is 7.11 Å². The van der Waals surface area contributed by atoms with Gasteiger partial charge in [0.1, 0.15) is 22.9 Å². The summed E-state index contributed by atoms with van der Waals surface area (Å²) in [4.78, 5) is 23.1. The Balaban J connectivity index is 2.09. The Labute approximate surface area is 161 Å². The van der Waals surface area contributed by atoms with Gasteiger partial charge in [0.25, 0.3) is 0 Å². The van der Waals surface area contributed by atoms with E-state index in [0.29, 0.717) is 11.3 Å². The van der Waals surface area contributed by atoms with Crippen LogP contribution in [0.2, 0.25) is 0 Å². The van der Waals surface area contributed by atoms with Gasteiger partial charge in [-0.25, -0.2) is 4.68 Å². The Kier molecular flexibility index (Phi) is 5.39. The molecule has 8 nitrogen and oxygen atoms in total. The number of carbonyl (C=O) groups is 2. The van der Waals surface area contributed by atoms with Crippen molar-refractivity contribution in [3.8, 4) is 34.2 Å². The van der Waals surface area contributed by atoms with Crippen LogP contribution in [-0.4, -0.2) is 34.0 Å². The van der Waals surface area contributed by atoms with Gasteiger partial charge in [-0.05, 0) is 48.9 Å². The van der Waals surface area contributed by atoms with Crippen LogP contribution in [-0.2, 0) is 9.59 Å². The summed E-state index contributed by atoms with van der Waals surface area (Å²) >= 11 is 0. The van der Waals surface area contributed by atoms with Gasteiger partial charge in [0.05, 0.1) is 24.6 Å². The number of benzene rings is 2. The third-order valence-corrected chi connectivity index (χ3v) is 3.80. The molecule has 0 saturated carbocycles. The third-order valence-electron chi connectivity index (χ3n) is 3.80. The minimum absolute atomic E-state index is 0.241. The molecule has 0 aliphatic rings. The van der Waals surface area contributed by atoms with Crippen LogP contribution in [0.4, 0.5) is 0 Å². The van der Waals surface area contributed by atoms with E-state index >= 15 is 0 Å². The van der Waals surface area contributed by atoms with Crippen molar-refractivity contribution in [2.24, 2.45) is 0 Å². The molecule has 0 amide bonds. The van der Waals surface area contributed by atoms with E-state index in [4.69, 9.17) is 14.2 Å². The number of aromatic nitrogens is 3. The van der Waals surface area contributed by atoms with Crippen LogP contribution in [0.1, 0.15) is 19.4 Å². The van der Waals surface area contributed by atoms with Gasteiger partial charge in [-0.3, -0.25) is 9.59 Å². The average molecular weight is 381 g/mol. The lowest BCUT2D eigenvalue weighted by Crippen LogP contribution is -2.07. The molecule has 1 heterocycles. The molecule has 0 spiro atoms. The summed E-state index contributed by atoms with van der Waals surface area (Å²) in [6.07, 6.45) is 1.66. The van der Waals surface area contributed by atoms with Crippen LogP contribution in [0.25, 0.3) is 16.9 Å². The largest absolute Gasteiger partial charge is 0.497 e. The molecule has 0 aliphatic heterocycles. The van der Waals surface area contributed by atoms with Crippen molar-refractivity contribution < 1.29 is 23.8 Å². The predicted octanol–water partition coefficient (Wildman–Crippen LogP) is 3.10. The van der Waals surface area contributed by atoms with Crippen molar-refractivity contribution in [3.05, 3.63) is 48.2 Å². The van der Waals surface area contributed by atoms with Crippen molar-refractivity contribution in [1.29, 1.82) is 0 Å². The first kappa shape index (κ1) is 19.1. The minimum atomic E-state index is -0.497. The lowest BCUT2D eigenvalue weighted by molar-refractivity contribution is -0.132. The second kappa shape index (κ2) is 7.91. The molecule has 1 aromatic heterocycles. The Hall–Kier alpha value is -3.68. The third kappa shape index (κ3) is 4.17. The van der Waals surface area contributed by atoms with Gasteiger partial charge in [0, 0.05) is 13.8 Å². The fourth-order valence-electron chi connectivity index (χ4n) is 2.68. The van der Waals surface area contributed by atoms with Crippen LogP contribution in [0.3, 0.4) is 0 Å². The Morgan fingerprint density at radius 3 is 2.04 bits per heavy atom. The summed E-state index contributed by atoms with van der Waals surface area (Å²) in [6, 6.07) is 10.6. The normalized spacial score (nSPS) is 10.4. The second-order valence-corrected chi connectivity index (χ2v) is 6.07. The molecule has 0 bridgehead atoms. The fourth-order valence-corrected chi connectivity index (χ4v) is 2.68. The molecule has 0 aliphatic carbocycles. The molecule has 0 saturated heterocycles. The standard InChI is InChI=1S/C20H19N3O5/c1-12-9-18(27-13(2)24)20(19(10-12)28-14(3)25)17-11-23(22-21-17)15-5-7-16(26-4)8-6-15/h5-11H,1-4H3. The molecule has 3 aromatic rings. The lowest BCUT2D eigenvalue weighted by Gasteiger charge is -2.13. The monoisotopic (exact) mass is 381 g/mol. The zero-order chi connectivity index (χ0) is 20.3. The maximum absolute atomic E-state index is 11.5. The van der Waals surface area contributed by atoms with Crippen LogP contribution < -0.4 is 14.2 Å². The van der Waals surface area contributed by atoms with E-state index in [1.807, 2.05) is 12.1 Å². The quantitative estimate of drug-likeness (QED) is 0.495. The Morgan fingerprint density at radius 1 is 0.964 bits per heavy atom. The number of esters is 2.